The number of nitrogens with zero attached hydrogens (tertiary/aromatic N) is 2. The molecule has 0 heterocycles. The van der Waals surface area contributed by atoms with Crippen molar-refractivity contribution >= 4 is 35.1 Å². The van der Waals surface area contributed by atoms with E-state index in [1.165, 1.54) is 0 Å². The maximum absolute atomic E-state index is 12.6. The Bertz CT molecular complexity index is 787. The number of carbonyl (C=O) groups is 1. The fourth-order valence-electron chi connectivity index (χ4n) is 2.36. The van der Waals surface area contributed by atoms with E-state index in [1.807, 2.05) is 62.5 Å². The lowest BCUT2D eigenvalue weighted by Gasteiger charge is -2.12. The Kier molecular flexibility index (Phi) is 6.59. The molecule has 2 aromatic rings. The number of hydrogen-bond acceptors (Lipinski definition) is 3. The van der Waals surface area contributed by atoms with Crippen LogP contribution in [0.5, 0.6) is 0 Å². The van der Waals surface area contributed by atoms with Crippen LogP contribution in [0.25, 0.3) is 0 Å². The van der Waals surface area contributed by atoms with Crippen molar-refractivity contribution in [2.24, 2.45) is 4.99 Å². The number of hydrogen-bond donors (Lipinski definition) is 1. The highest BCUT2D eigenvalue weighted by Crippen LogP contribution is 2.24. The van der Waals surface area contributed by atoms with Crippen LogP contribution in [0.15, 0.2) is 41.4 Å². The fraction of sp³-hybridized carbons (Fsp3) is 0.300. The zero-order valence-electron chi connectivity index (χ0n) is 15.1. The van der Waals surface area contributed by atoms with Gasteiger partial charge >= 0.3 is 0 Å². The Morgan fingerprint density at radius 3 is 2.64 bits per heavy atom. The van der Waals surface area contributed by atoms with Gasteiger partial charge in [0.25, 0.3) is 0 Å². The molecule has 25 heavy (non-hydrogen) atoms. The van der Waals surface area contributed by atoms with E-state index in [1.54, 1.807) is 6.07 Å². The molecular weight excluding hydrogens is 334 g/mol. The second kappa shape index (κ2) is 8.67. The van der Waals surface area contributed by atoms with Crippen LogP contribution in [0.1, 0.15) is 28.4 Å². The highest BCUT2D eigenvalue weighted by Gasteiger charge is 2.12. The molecule has 0 saturated heterocycles. The first-order valence-corrected chi connectivity index (χ1v) is 8.67. The third kappa shape index (κ3) is 5.07. The lowest BCUT2D eigenvalue weighted by atomic mass is 10.0. The summed E-state index contributed by atoms with van der Waals surface area (Å²) in [6, 6.07) is 11.3. The van der Waals surface area contributed by atoms with Gasteiger partial charge in [-0.15, -0.1) is 0 Å². The van der Waals surface area contributed by atoms with Crippen LogP contribution >= 0.6 is 11.6 Å². The second-order valence-corrected chi connectivity index (χ2v) is 6.44. The minimum Gasteiger partial charge on any atom is -0.376 e. The van der Waals surface area contributed by atoms with Gasteiger partial charge in [0.2, 0.25) is 0 Å². The smallest absolute Gasteiger partial charge is 0.182 e. The largest absolute Gasteiger partial charge is 0.376 e. The minimum atomic E-state index is 0.0294. The monoisotopic (exact) mass is 357 g/mol. The molecule has 2 aromatic carbocycles. The molecule has 0 radical (unpaired) electrons. The van der Waals surface area contributed by atoms with Gasteiger partial charge in [0, 0.05) is 19.2 Å². The van der Waals surface area contributed by atoms with Gasteiger partial charge in [0.05, 0.1) is 29.3 Å². The van der Waals surface area contributed by atoms with Crippen LogP contribution in [0, 0.1) is 13.8 Å². The number of halogens is 1. The molecule has 5 heteroatoms. The number of rotatable bonds is 7. The number of para-hydroxylation sites is 1. The highest BCUT2D eigenvalue weighted by atomic mass is 35.5. The summed E-state index contributed by atoms with van der Waals surface area (Å²) in [6.07, 6.45) is 1.81. The molecule has 4 nitrogen and oxygen atoms in total. The Morgan fingerprint density at radius 2 is 1.96 bits per heavy atom. The maximum Gasteiger partial charge on any atom is 0.182 e. The van der Waals surface area contributed by atoms with Crippen molar-refractivity contribution in [3.05, 3.63) is 58.1 Å². The lowest BCUT2D eigenvalue weighted by molar-refractivity contribution is 0.101. The Labute approximate surface area is 154 Å². The van der Waals surface area contributed by atoms with Crippen molar-refractivity contribution < 1.29 is 4.79 Å². The van der Waals surface area contributed by atoms with Gasteiger partial charge in [-0.1, -0.05) is 23.7 Å². The summed E-state index contributed by atoms with van der Waals surface area (Å²) in [6.45, 7) is 7.07. The van der Waals surface area contributed by atoms with Crippen molar-refractivity contribution in [3.8, 4) is 0 Å². The molecule has 0 fully saturated rings. The van der Waals surface area contributed by atoms with Crippen molar-refractivity contribution in [2.75, 3.05) is 25.5 Å². The standard InChI is InChI=1S/C20H24ClN3O/c1-5-24(4)13-23-19-11-14(2)16(10-15(19)3)20(25)12-22-18-9-7-6-8-17(18)21/h6-11,13,22H,5,12H2,1-4H3. The van der Waals surface area contributed by atoms with E-state index < -0.39 is 0 Å². The molecule has 0 amide bonds. The van der Waals surface area contributed by atoms with Crippen LogP contribution in [0.4, 0.5) is 11.4 Å². The molecule has 0 saturated carbocycles. The first kappa shape index (κ1) is 19.0. The summed E-state index contributed by atoms with van der Waals surface area (Å²) in [5.41, 5.74) is 4.25. The number of anilines is 1. The van der Waals surface area contributed by atoms with E-state index in [4.69, 9.17) is 11.6 Å². The van der Waals surface area contributed by atoms with Gasteiger partial charge in [-0.05, 0) is 56.2 Å². The van der Waals surface area contributed by atoms with Crippen LogP contribution < -0.4 is 5.32 Å². The molecule has 0 aliphatic heterocycles. The molecule has 0 unspecified atom stereocenters. The minimum absolute atomic E-state index is 0.0294. The molecule has 0 atom stereocenters. The van der Waals surface area contributed by atoms with Gasteiger partial charge < -0.3 is 10.2 Å². The Hall–Kier alpha value is -2.33. The van der Waals surface area contributed by atoms with Crippen LogP contribution in [0.3, 0.4) is 0 Å². The molecule has 0 aliphatic rings. The van der Waals surface area contributed by atoms with Crippen molar-refractivity contribution in [1.29, 1.82) is 0 Å². The quantitative estimate of drug-likeness (QED) is 0.437. The third-order valence-electron chi connectivity index (χ3n) is 4.05. The summed E-state index contributed by atoms with van der Waals surface area (Å²) in [4.78, 5) is 19.1. The normalized spacial score (nSPS) is 10.9. The lowest BCUT2D eigenvalue weighted by Crippen LogP contribution is -2.16. The van der Waals surface area contributed by atoms with E-state index >= 15 is 0 Å². The maximum atomic E-state index is 12.6. The highest BCUT2D eigenvalue weighted by molar-refractivity contribution is 6.33. The zero-order chi connectivity index (χ0) is 18.4. The topological polar surface area (TPSA) is 44.7 Å². The molecule has 2 rings (SSSR count). The SMILES string of the molecule is CCN(C)C=Nc1cc(C)c(C(=O)CNc2ccccc2Cl)cc1C. The first-order chi connectivity index (χ1) is 11.9. The Balaban J connectivity index is 2.13. The van der Waals surface area contributed by atoms with Crippen LogP contribution in [-0.2, 0) is 0 Å². The van der Waals surface area contributed by atoms with E-state index in [-0.39, 0.29) is 12.3 Å². The van der Waals surface area contributed by atoms with E-state index in [2.05, 4.69) is 17.2 Å². The molecule has 132 valence electrons. The average Bonchev–Trinajstić information content (AvgIpc) is 2.60. The molecule has 0 bridgehead atoms. The predicted molar refractivity (Wildman–Crippen MR) is 107 cm³/mol. The van der Waals surface area contributed by atoms with Crippen molar-refractivity contribution in [3.63, 3.8) is 0 Å². The number of benzene rings is 2. The average molecular weight is 358 g/mol. The molecule has 0 aromatic heterocycles. The van der Waals surface area contributed by atoms with Crippen LogP contribution in [0.2, 0.25) is 5.02 Å². The van der Waals surface area contributed by atoms with E-state index in [0.717, 1.165) is 29.0 Å². The number of ketones is 1. The number of carbonyl (C=O) groups excluding carboxylic acids is 1. The number of aliphatic imine (C=N–C) groups is 1. The van der Waals surface area contributed by atoms with Gasteiger partial charge in [-0.2, -0.15) is 0 Å². The third-order valence-corrected chi connectivity index (χ3v) is 4.38. The van der Waals surface area contributed by atoms with Crippen LogP contribution in [-0.4, -0.2) is 37.2 Å². The summed E-state index contributed by atoms with van der Waals surface area (Å²) < 4.78 is 0. The fourth-order valence-corrected chi connectivity index (χ4v) is 2.56. The van der Waals surface area contributed by atoms with Gasteiger partial charge in [-0.3, -0.25) is 4.79 Å². The molecule has 0 spiro atoms. The molecule has 1 N–H and O–H groups in total. The summed E-state index contributed by atoms with van der Waals surface area (Å²) in [5.74, 6) is 0.0294. The zero-order valence-corrected chi connectivity index (χ0v) is 15.9. The second-order valence-electron chi connectivity index (χ2n) is 6.03. The van der Waals surface area contributed by atoms with E-state index in [0.29, 0.717) is 10.6 Å². The van der Waals surface area contributed by atoms with Crippen molar-refractivity contribution in [2.45, 2.75) is 20.8 Å². The predicted octanol–water partition coefficient (Wildman–Crippen LogP) is 4.86. The van der Waals surface area contributed by atoms with Gasteiger partial charge in [0.15, 0.2) is 5.78 Å². The summed E-state index contributed by atoms with van der Waals surface area (Å²) in [7, 11) is 1.98. The summed E-state index contributed by atoms with van der Waals surface area (Å²) >= 11 is 6.11. The van der Waals surface area contributed by atoms with E-state index in [9.17, 15) is 4.79 Å². The van der Waals surface area contributed by atoms with Gasteiger partial charge in [0.1, 0.15) is 0 Å². The number of nitrogens with one attached hydrogen (secondary N) is 1. The van der Waals surface area contributed by atoms with Gasteiger partial charge in [-0.25, -0.2) is 4.99 Å². The van der Waals surface area contributed by atoms with Crippen molar-refractivity contribution in [1.82, 2.24) is 4.90 Å². The first-order valence-electron chi connectivity index (χ1n) is 8.29. The molecule has 0 aliphatic carbocycles. The summed E-state index contributed by atoms with van der Waals surface area (Å²) in [5, 5.41) is 3.71. The number of Topliss-reactive ketones (excluding diaryl/α,β-unsaturated/α-hetero) is 1. The number of aryl methyl sites for hydroxylation is 2. The molecular formula is C20H24ClN3O. The Morgan fingerprint density at radius 1 is 1.24 bits per heavy atom.